The van der Waals surface area contributed by atoms with Crippen LogP contribution in [0.15, 0.2) is 72.9 Å². The van der Waals surface area contributed by atoms with Crippen molar-refractivity contribution in [2.75, 3.05) is 13.1 Å². The predicted molar refractivity (Wildman–Crippen MR) is 159 cm³/mol. The van der Waals surface area contributed by atoms with Gasteiger partial charge in [-0.1, -0.05) is 89.4 Å². The maximum Gasteiger partial charge on any atom is 0.254 e. The first kappa shape index (κ1) is 28.7. The quantitative estimate of drug-likeness (QED) is 0.284. The summed E-state index contributed by atoms with van der Waals surface area (Å²) in [6.45, 7) is 10.6. The fourth-order valence-corrected chi connectivity index (χ4v) is 5.59. The second-order valence-corrected chi connectivity index (χ2v) is 12.0. The maximum atomic E-state index is 14.0. The molecule has 39 heavy (non-hydrogen) atoms. The number of aromatic nitrogens is 1. The first-order chi connectivity index (χ1) is 18.8. The third-order valence-corrected chi connectivity index (χ3v) is 7.89. The Morgan fingerprint density at radius 3 is 2.23 bits per heavy atom. The van der Waals surface area contributed by atoms with Crippen LogP contribution in [0.1, 0.15) is 93.4 Å². The fraction of sp³-hybridized carbons (Fsp3) is 0.471. The zero-order valence-electron chi connectivity index (χ0n) is 24.2. The van der Waals surface area contributed by atoms with Crippen molar-refractivity contribution < 1.29 is 9.59 Å². The van der Waals surface area contributed by atoms with Crippen LogP contribution in [0.3, 0.4) is 0 Å². The average Bonchev–Trinajstić information content (AvgIpc) is 3.38. The molecule has 0 N–H and O–H groups in total. The Hall–Kier alpha value is -3.34. The molecular weight excluding hydrogens is 482 g/mol. The van der Waals surface area contributed by atoms with Gasteiger partial charge in [0.1, 0.15) is 6.54 Å². The highest BCUT2D eigenvalue weighted by molar-refractivity contribution is 5.96. The Morgan fingerprint density at radius 2 is 1.59 bits per heavy atom. The lowest BCUT2D eigenvalue weighted by molar-refractivity contribution is -0.135. The maximum absolute atomic E-state index is 14.0. The van der Waals surface area contributed by atoms with Crippen LogP contribution in [0.4, 0.5) is 0 Å². The van der Waals surface area contributed by atoms with Gasteiger partial charge in [0.15, 0.2) is 0 Å². The summed E-state index contributed by atoms with van der Waals surface area (Å²) in [5.74, 6) is -0.0239. The largest absolute Gasteiger partial charge is 0.345 e. The summed E-state index contributed by atoms with van der Waals surface area (Å²) >= 11 is 0. The Bertz CT molecular complexity index is 1200. The summed E-state index contributed by atoms with van der Waals surface area (Å²) in [7, 11) is 0. The Labute approximate surface area is 234 Å². The Morgan fingerprint density at radius 1 is 0.897 bits per heavy atom. The minimum atomic E-state index is -0.0679. The van der Waals surface area contributed by atoms with Crippen molar-refractivity contribution in [1.82, 2.24) is 14.4 Å². The van der Waals surface area contributed by atoms with Gasteiger partial charge in [-0.05, 0) is 60.1 Å². The monoisotopic (exact) mass is 527 g/mol. The standard InChI is InChI=1S/C34H45N3O2/c1-5-22-36(33(39)28-18-20-29(21-19-28)34(2,3)4)26-32(38)37(30-15-10-7-11-16-30)25-31-17-12-23-35(31)24-27-13-8-6-9-14-27/h6,8-9,12-14,17-21,23,30H,5,7,10-11,15-16,22,24-26H2,1-4H3. The van der Waals surface area contributed by atoms with Crippen LogP contribution in [0.25, 0.3) is 0 Å². The molecular formula is C34H45N3O2. The molecule has 1 saturated carbocycles. The number of carbonyl (C=O) groups is 2. The minimum absolute atomic E-state index is 0.0271. The minimum Gasteiger partial charge on any atom is -0.345 e. The van der Waals surface area contributed by atoms with Crippen molar-refractivity contribution in [2.45, 2.75) is 90.8 Å². The van der Waals surface area contributed by atoms with Crippen LogP contribution in [0, 0.1) is 0 Å². The van der Waals surface area contributed by atoms with Gasteiger partial charge in [-0.15, -0.1) is 0 Å². The molecule has 1 heterocycles. The Kier molecular flexibility index (Phi) is 9.66. The van der Waals surface area contributed by atoms with E-state index in [1.54, 1.807) is 4.90 Å². The molecule has 1 aromatic heterocycles. The molecule has 1 aliphatic carbocycles. The van der Waals surface area contributed by atoms with E-state index in [4.69, 9.17) is 0 Å². The predicted octanol–water partition coefficient (Wildman–Crippen LogP) is 7.05. The number of amides is 2. The van der Waals surface area contributed by atoms with Crippen molar-refractivity contribution in [2.24, 2.45) is 0 Å². The van der Waals surface area contributed by atoms with Crippen molar-refractivity contribution in [3.8, 4) is 0 Å². The first-order valence-corrected chi connectivity index (χ1v) is 14.6. The first-order valence-electron chi connectivity index (χ1n) is 14.6. The molecule has 208 valence electrons. The number of hydrogen-bond acceptors (Lipinski definition) is 2. The van der Waals surface area contributed by atoms with Crippen LogP contribution in [0.2, 0.25) is 0 Å². The van der Waals surface area contributed by atoms with E-state index in [0.29, 0.717) is 18.7 Å². The molecule has 1 aliphatic rings. The highest BCUT2D eigenvalue weighted by Gasteiger charge is 2.29. The molecule has 5 nitrogen and oxygen atoms in total. The Balaban J connectivity index is 1.53. The van der Waals surface area contributed by atoms with Gasteiger partial charge in [-0.25, -0.2) is 0 Å². The second kappa shape index (κ2) is 13.1. The van der Waals surface area contributed by atoms with Gasteiger partial charge in [-0.2, -0.15) is 0 Å². The summed E-state index contributed by atoms with van der Waals surface area (Å²) in [6, 6.07) is 22.7. The molecule has 0 atom stereocenters. The molecule has 1 fully saturated rings. The van der Waals surface area contributed by atoms with E-state index >= 15 is 0 Å². The normalized spacial score (nSPS) is 14.3. The second-order valence-electron chi connectivity index (χ2n) is 12.0. The van der Waals surface area contributed by atoms with Crippen molar-refractivity contribution >= 4 is 11.8 Å². The number of carbonyl (C=O) groups excluding carboxylic acids is 2. The molecule has 5 heteroatoms. The lowest BCUT2D eigenvalue weighted by Crippen LogP contribution is -2.47. The van der Waals surface area contributed by atoms with Crippen molar-refractivity contribution in [3.05, 3.63) is 95.3 Å². The molecule has 2 aromatic carbocycles. The zero-order chi connectivity index (χ0) is 27.8. The van der Waals surface area contributed by atoms with E-state index in [1.165, 1.54) is 17.5 Å². The van der Waals surface area contributed by atoms with Crippen LogP contribution in [0.5, 0.6) is 0 Å². The third kappa shape index (κ3) is 7.62. The highest BCUT2D eigenvalue weighted by atomic mass is 16.2. The number of rotatable bonds is 10. The number of benzene rings is 2. The number of hydrogen-bond donors (Lipinski definition) is 0. The summed E-state index contributed by atoms with van der Waals surface area (Å²) in [6.07, 6.45) is 8.49. The summed E-state index contributed by atoms with van der Waals surface area (Å²) in [5, 5.41) is 0. The molecule has 4 rings (SSSR count). The van der Waals surface area contributed by atoms with E-state index in [0.717, 1.165) is 44.3 Å². The van der Waals surface area contributed by atoms with Gasteiger partial charge in [0.25, 0.3) is 5.91 Å². The topological polar surface area (TPSA) is 45.6 Å². The van der Waals surface area contributed by atoms with E-state index in [-0.39, 0.29) is 29.8 Å². The van der Waals surface area contributed by atoms with E-state index in [1.807, 2.05) is 30.3 Å². The van der Waals surface area contributed by atoms with E-state index in [2.05, 4.69) is 79.8 Å². The van der Waals surface area contributed by atoms with Gasteiger partial charge in [0.2, 0.25) is 5.91 Å². The summed E-state index contributed by atoms with van der Waals surface area (Å²) < 4.78 is 2.24. The number of nitrogens with zero attached hydrogens (tertiary/aromatic N) is 3. The van der Waals surface area contributed by atoms with Gasteiger partial charge in [-0.3, -0.25) is 9.59 Å². The molecule has 0 spiro atoms. The van der Waals surface area contributed by atoms with Crippen LogP contribution in [-0.4, -0.2) is 45.3 Å². The van der Waals surface area contributed by atoms with Crippen molar-refractivity contribution in [1.29, 1.82) is 0 Å². The van der Waals surface area contributed by atoms with Gasteiger partial charge in [0, 0.05) is 36.6 Å². The van der Waals surface area contributed by atoms with Crippen LogP contribution >= 0.6 is 0 Å². The van der Waals surface area contributed by atoms with Gasteiger partial charge >= 0.3 is 0 Å². The van der Waals surface area contributed by atoms with Crippen molar-refractivity contribution in [3.63, 3.8) is 0 Å². The molecule has 3 aromatic rings. The fourth-order valence-electron chi connectivity index (χ4n) is 5.59. The van der Waals surface area contributed by atoms with E-state index in [9.17, 15) is 9.59 Å². The van der Waals surface area contributed by atoms with E-state index < -0.39 is 0 Å². The lowest BCUT2D eigenvalue weighted by atomic mass is 9.86. The molecule has 0 bridgehead atoms. The zero-order valence-corrected chi connectivity index (χ0v) is 24.2. The van der Waals surface area contributed by atoms with Crippen LogP contribution in [-0.2, 0) is 23.3 Å². The molecule has 0 saturated heterocycles. The molecule has 0 aliphatic heterocycles. The average molecular weight is 528 g/mol. The summed E-state index contributed by atoms with van der Waals surface area (Å²) in [5.41, 5.74) is 4.23. The SMILES string of the molecule is CCCN(CC(=O)N(Cc1cccn1Cc1ccccc1)C1CCCCC1)C(=O)c1ccc(C(C)(C)C)cc1. The lowest BCUT2D eigenvalue weighted by Gasteiger charge is -2.36. The smallest absolute Gasteiger partial charge is 0.254 e. The van der Waals surface area contributed by atoms with Crippen LogP contribution < -0.4 is 0 Å². The van der Waals surface area contributed by atoms with Gasteiger partial charge in [0.05, 0.1) is 6.54 Å². The third-order valence-electron chi connectivity index (χ3n) is 7.89. The molecule has 2 amide bonds. The molecule has 0 radical (unpaired) electrons. The molecule has 0 unspecified atom stereocenters. The highest BCUT2D eigenvalue weighted by Crippen LogP contribution is 2.26. The van der Waals surface area contributed by atoms with Gasteiger partial charge < -0.3 is 14.4 Å². The summed E-state index contributed by atoms with van der Waals surface area (Å²) in [4.78, 5) is 31.3.